The Hall–Kier alpha value is -1.76. The minimum atomic E-state index is -1.75. The quantitative estimate of drug-likeness (QED) is 0.299. The van der Waals surface area contributed by atoms with E-state index in [-0.39, 0.29) is 0 Å². The number of nitrogens with two attached hydrogens (primary N) is 1. The van der Waals surface area contributed by atoms with Crippen molar-refractivity contribution in [3.63, 3.8) is 0 Å². The van der Waals surface area contributed by atoms with E-state index in [4.69, 9.17) is 10.8 Å². The summed E-state index contributed by atoms with van der Waals surface area (Å²) >= 11 is 0. The van der Waals surface area contributed by atoms with Crippen LogP contribution in [0.4, 0.5) is 0 Å². The van der Waals surface area contributed by atoms with E-state index in [0.717, 1.165) is 0 Å². The van der Waals surface area contributed by atoms with Crippen molar-refractivity contribution in [3.05, 3.63) is 0 Å². The van der Waals surface area contributed by atoms with Crippen LogP contribution in [0.25, 0.3) is 0 Å². The van der Waals surface area contributed by atoms with Crippen molar-refractivity contribution >= 4 is 23.7 Å². The molecule has 0 aromatic rings. The predicted octanol–water partition coefficient (Wildman–Crippen LogP) is -1.94. The van der Waals surface area contributed by atoms with Crippen molar-refractivity contribution < 1.29 is 29.0 Å². The molecule has 0 spiro atoms. The van der Waals surface area contributed by atoms with Crippen LogP contribution < -0.4 is 5.73 Å². The van der Waals surface area contributed by atoms with Crippen molar-refractivity contribution in [2.75, 3.05) is 6.54 Å². The van der Waals surface area contributed by atoms with Gasteiger partial charge in [0.2, 0.25) is 0 Å². The molecule has 0 aromatic heterocycles. The number of carbonyl (C=O) groups excluding carboxylic acids is 3. The van der Waals surface area contributed by atoms with Gasteiger partial charge in [0, 0.05) is 0 Å². The summed E-state index contributed by atoms with van der Waals surface area (Å²) in [4.78, 5) is 41.2. The lowest BCUT2D eigenvalue weighted by Gasteiger charge is -1.97. The van der Waals surface area contributed by atoms with Crippen LogP contribution in [-0.2, 0) is 23.9 Å². The van der Waals surface area contributed by atoms with Crippen molar-refractivity contribution in [3.8, 4) is 0 Å². The minimum Gasteiger partial charge on any atom is -0.475 e. The fourth-order valence-corrected chi connectivity index (χ4v) is 0.411. The number of Topliss-reactive ketones (excluding diaryl/α,β-unsaturated/α-hetero) is 1. The van der Waals surface area contributed by atoms with Crippen molar-refractivity contribution in [2.45, 2.75) is 6.42 Å². The number of esters is 2. The largest absolute Gasteiger partial charge is 0.475 e. The van der Waals surface area contributed by atoms with Gasteiger partial charge in [0.25, 0.3) is 5.78 Å². The second-order valence-corrected chi connectivity index (χ2v) is 1.96. The van der Waals surface area contributed by atoms with Crippen molar-refractivity contribution in [1.82, 2.24) is 0 Å². The monoisotopic (exact) mass is 189 g/mol. The number of ketones is 1. The summed E-state index contributed by atoms with van der Waals surface area (Å²) in [5.74, 6) is -5.32. The molecule has 0 saturated carbocycles. The number of ether oxygens (including phenoxy) is 1. The molecule has 13 heavy (non-hydrogen) atoms. The molecule has 0 rings (SSSR count). The van der Waals surface area contributed by atoms with Gasteiger partial charge in [-0.25, -0.2) is 4.79 Å². The SMILES string of the molecule is NCC(=O)OC(=O)CC(=O)C(=O)O. The van der Waals surface area contributed by atoms with E-state index in [2.05, 4.69) is 4.74 Å². The van der Waals surface area contributed by atoms with Crippen LogP contribution in [0.3, 0.4) is 0 Å². The van der Waals surface area contributed by atoms with Gasteiger partial charge in [0.05, 0.1) is 6.54 Å². The molecule has 0 saturated heterocycles. The molecule has 0 atom stereocenters. The van der Waals surface area contributed by atoms with Crippen molar-refractivity contribution in [1.29, 1.82) is 0 Å². The third kappa shape index (κ3) is 4.64. The summed E-state index contributed by atoms with van der Waals surface area (Å²) < 4.78 is 3.93. The van der Waals surface area contributed by atoms with Gasteiger partial charge in [0.1, 0.15) is 6.42 Å². The van der Waals surface area contributed by atoms with E-state index in [1.165, 1.54) is 0 Å². The topological polar surface area (TPSA) is 124 Å². The third-order valence-electron chi connectivity index (χ3n) is 0.938. The summed E-state index contributed by atoms with van der Waals surface area (Å²) in [5, 5.41) is 8.06. The van der Waals surface area contributed by atoms with Crippen LogP contribution in [0.2, 0.25) is 0 Å². The molecule has 0 aromatic carbocycles. The molecule has 0 unspecified atom stereocenters. The van der Waals surface area contributed by atoms with E-state index in [1.807, 2.05) is 0 Å². The zero-order valence-corrected chi connectivity index (χ0v) is 6.48. The lowest BCUT2D eigenvalue weighted by molar-refractivity contribution is -0.161. The van der Waals surface area contributed by atoms with E-state index < -0.39 is 36.7 Å². The molecule has 7 nitrogen and oxygen atoms in total. The zero-order chi connectivity index (χ0) is 10.4. The highest BCUT2D eigenvalue weighted by Crippen LogP contribution is 1.89. The highest BCUT2D eigenvalue weighted by Gasteiger charge is 2.19. The predicted molar refractivity (Wildman–Crippen MR) is 37.4 cm³/mol. The molecule has 7 heteroatoms. The molecule has 0 aliphatic carbocycles. The van der Waals surface area contributed by atoms with E-state index in [9.17, 15) is 19.2 Å². The van der Waals surface area contributed by atoms with Crippen LogP contribution in [0, 0.1) is 0 Å². The maximum absolute atomic E-state index is 10.5. The Balaban J connectivity index is 3.95. The Kier molecular flexibility index (Phi) is 4.31. The zero-order valence-electron chi connectivity index (χ0n) is 6.48. The molecule has 72 valence electrons. The first-order valence-electron chi connectivity index (χ1n) is 3.17. The summed E-state index contributed by atoms with van der Waals surface area (Å²) in [7, 11) is 0. The average molecular weight is 189 g/mol. The number of carboxylic acids is 1. The summed E-state index contributed by atoms with van der Waals surface area (Å²) in [6.07, 6.45) is -0.971. The summed E-state index contributed by atoms with van der Waals surface area (Å²) in [6, 6.07) is 0. The van der Waals surface area contributed by atoms with Crippen LogP contribution in [0.5, 0.6) is 0 Å². The Labute approximate surface area is 72.5 Å². The lowest BCUT2D eigenvalue weighted by Crippen LogP contribution is -2.24. The van der Waals surface area contributed by atoms with Gasteiger partial charge in [-0.3, -0.25) is 14.4 Å². The Bertz CT molecular complexity index is 258. The van der Waals surface area contributed by atoms with E-state index in [1.54, 1.807) is 0 Å². The molecule has 0 bridgehead atoms. The highest BCUT2D eigenvalue weighted by molar-refractivity contribution is 6.36. The Morgan fingerprint density at radius 1 is 1.15 bits per heavy atom. The number of carboxylic acid groups (broad SMARTS) is 1. The number of rotatable bonds is 4. The maximum atomic E-state index is 10.5. The number of hydrogen-bond donors (Lipinski definition) is 2. The summed E-state index contributed by atoms with van der Waals surface area (Å²) in [5.41, 5.74) is 4.78. The molecule has 0 heterocycles. The first-order chi connectivity index (χ1) is 5.97. The van der Waals surface area contributed by atoms with Crippen LogP contribution in [0.15, 0.2) is 0 Å². The smallest absolute Gasteiger partial charge is 0.372 e. The van der Waals surface area contributed by atoms with Gasteiger partial charge in [-0.05, 0) is 0 Å². The lowest BCUT2D eigenvalue weighted by atomic mass is 10.3. The highest BCUT2D eigenvalue weighted by atomic mass is 16.6. The fourth-order valence-electron chi connectivity index (χ4n) is 0.411. The number of carbonyl (C=O) groups is 4. The number of hydrogen-bond acceptors (Lipinski definition) is 6. The fraction of sp³-hybridized carbons (Fsp3) is 0.333. The van der Waals surface area contributed by atoms with Gasteiger partial charge in [0.15, 0.2) is 0 Å². The van der Waals surface area contributed by atoms with Crippen LogP contribution in [-0.4, -0.2) is 35.3 Å². The second-order valence-electron chi connectivity index (χ2n) is 1.96. The molecule has 3 N–H and O–H groups in total. The van der Waals surface area contributed by atoms with Gasteiger partial charge >= 0.3 is 17.9 Å². The van der Waals surface area contributed by atoms with Crippen LogP contribution >= 0.6 is 0 Å². The molecular formula is C6H7NO6. The second kappa shape index (κ2) is 4.99. The first kappa shape index (κ1) is 11.2. The molecule has 0 aliphatic heterocycles. The molecule has 0 fully saturated rings. The molecule has 0 aliphatic rings. The van der Waals surface area contributed by atoms with Gasteiger partial charge < -0.3 is 15.6 Å². The Morgan fingerprint density at radius 2 is 1.69 bits per heavy atom. The van der Waals surface area contributed by atoms with Gasteiger partial charge in [-0.15, -0.1) is 0 Å². The van der Waals surface area contributed by atoms with Gasteiger partial charge in [-0.1, -0.05) is 0 Å². The molecular weight excluding hydrogens is 182 g/mol. The molecule has 0 amide bonds. The Morgan fingerprint density at radius 3 is 2.08 bits per heavy atom. The van der Waals surface area contributed by atoms with E-state index >= 15 is 0 Å². The summed E-state index contributed by atoms with van der Waals surface area (Å²) in [6.45, 7) is -0.507. The van der Waals surface area contributed by atoms with Crippen LogP contribution in [0.1, 0.15) is 6.42 Å². The normalized spacial score (nSPS) is 9.00. The third-order valence-corrected chi connectivity index (χ3v) is 0.938. The van der Waals surface area contributed by atoms with Crippen molar-refractivity contribution in [2.24, 2.45) is 5.73 Å². The first-order valence-corrected chi connectivity index (χ1v) is 3.17. The average Bonchev–Trinajstić information content (AvgIpc) is 2.03. The number of aliphatic carboxylic acids is 1. The van der Waals surface area contributed by atoms with Gasteiger partial charge in [-0.2, -0.15) is 0 Å². The standard InChI is InChI=1S/C6H7NO6/c7-2-5(10)13-4(9)1-3(8)6(11)12/h1-2,7H2,(H,11,12). The minimum absolute atomic E-state index is 0.507. The maximum Gasteiger partial charge on any atom is 0.372 e. The molecule has 0 radical (unpaired) electrons. The van der Waals surface area contributed by atoms with E-state index in [0.29, 0.717) is 0 Å².